The first-order chi connectivity index (χ1) is 11.5. The molecule has 0 saturated heterocycles. The molecule has 1 aliphatic heterocycles. The predicted molar refractivity (Wildman–Crippen MR) is 84.8 cm³/mol. The average molecular weight is 326 g/mol. The second kappa shape index (κ2) is 5.20. The van der Waals surface area contributed by atoms with Gasteiger partial charge in [-0.2, -0.15) is 10.5 Å². The molecule has 0 bridgehead atoms. The topological polar surface area (TPSA) is 114 Å². The Bertz CT molecular complexity index is 790. The molecule has 3 atom stereocenters. The van der Waals surface area contributed by atoms with Gasteiger partial charge < -0.3 is 19.9 Å². The van der Waals surface area contributed by atoms with Gasteiger partial charge in [-0.1, -0.05) is 18.2 Å². The van der Waals surface area contributed by atoms with Crippen molar-refractivity contribution in [3.8, 4) is 17.9 Å². The number of hydrogen-bond donors (Lipinski definition) is 1. The minimum absolute atomic E-state index is 0.0477. The highest BCUT2D eigenvalue weighted by molar-refractivity contribution is 6.00. The molecular weight excluding hydrogens is 308 g/mol. The largest absolute Gasteiger partial charge is 0.494 e. The average Bonchev–Trinajstić information content (AvgIpc) is 3.18. The Kier molecular flexibility index (Phi) is 3.52. The van der Waals surface area contributed by atoms with Gasteiger partial charge in [-0.15, -0.1) is 0 Å². The summed E-state index contributed by atoms with van der Waals surface area (Å²) < 4.78 is 16.6. The molecule has 0 aromatic heterocycles. The summed E-state index contributed by atoms with van der Waals surface area (Å²) in [4.78, 5) is 4.19. The maximum absolute atomic E-state index is 10.0. The lowest BCUT2D eigenvalue weighted by atomic mass is 9.93. The van der Waals surface area contributed by atoms with Gasteiger partial charge in [-0.25, -0.2) is 4.99 Å². The van der Waals surface area contributed by atoms with Crippen LogP contribution in [0.4, 0.5) is 0 Å². The van der Waals surface area contributed by atoms with E-state index in [1.54, 1.807) is 6.07 Å². The highest BCUT2D eigenvalue weighted by atomic mass is 16.7. The number of aliphatic imine (C=N–C) groups is 1. The third-order valence-electron chi connectivity index (χ3n) is 5.01. The van der Waals surface area contributed by atoms with E-state index in [0.717, 1.165) is 5.56 Å². The molecule has 7 nitrogen and oxygen atoms in total. The molecule has 2 aliphatic rings. The molecule has 3 rings (SSSR count). The lowest BCUT2D eigenvalue weighted by Gasteiger charge is -2.29. The van der Waals surface area contributed by atoms with Crippen LogP contribution in [-0.4, -0.2) is 32.6 Å². The van der Waals surface area contributed by atoms with Crippen LogP contribution in [0.1, 0.15) is 18.4 Å². The van der Waals surface area contributed by atoms with Gasteiger partial charge in [0.2, 0.25) is 0 Å². The van der Waals surface area contributed by atoms with E-state index >= 15 is 0 Å². The number of ether oxygens (including phenoxy) is 3. The van der Waals surface area contributed by atoms with Crippen LogP contribution in [0.5, 0.6) is 5.75 Å². The molecule has 0 amide bonds. The predicted octanol–water partition coefficient (Wildman–Crippen LogP) is 1.52. The van der Waals surface area contributed by atoms with Crippen LogP contribution in [0.2, 0.25) is 0 Å². The number of rotatable bonds is 5. The monoisotopic (exact) mass is 326 g/mol. The molecule has 0 spiro atoms. The summed E-state index contributed by atoms with van der Waals surface area (Å²) in [5.74, 6) is -1.52. The van der Waals surface area contributed by atoms with Crippen LogP contribution in [0.15, 0.2) is 29.3 Å². The van der Waals surface area contributed by atoms with Crippen molar-refractivity contribution in [1.82, 2.24) is 0 Å². The maximum Gasteiger partial charge on any atom is 0.292 e. The van der Waals surface area contributed by atoms with E-state index in [-0.39, 0.29) is 5.84 Å². The molecule has 1 saturated carbocycles. The van der Waals surface area contributed by atoms with Crippen LogP contribution < -0.4 is 10.5 Å². The second-order valence-corrected chi connectivity index (χ2v) is 5.73. The van der Waals surface area contributed by atoms with Crippen molar-refractivity contribution in [2.45, 2.75) is 18.8 Å². The first-order valence-electron chi connectivity index (χ1n) is 7.55. The van der Waals surface area contributed by atoms with E-state index in [4.69, 9.17) is 19.9 Å². The van der Waals surface area contributed by atoms with E-state index in [2.05, 4.69) is 17.1 Å². The summed E-state index contributed by atoms with van der Waals surface area (Å²) in [5, 5.41) is 19.9. The van der Waals surface area contributed by atoms with E-state index in [0.29, 0.717) is 12.4 Å². The normalized spacial score (nSPS) is 32.2. The molecule has 1 heterocycles. The summed E-state index contributed by atoms with van der Waals surface area (Å²) >= 11 is 0. The number of para-hydroxylation sites is 1. The van der Waals surface area contributed by atoms with E-state index in [1.165, 1.54) is 14.2 Å². The number of nitriles is 2. The minimum atomic E-state index is -1.62. The van der Waals surface area contributed by atoms with Crippen molar-refractivity contribution >= 4 is 5.84 Å². The third kappa shape index (κ3) is 1.49. The van der Waals surface area contributed by atoms with Gasteiger partial charge in [0.05, 0.1) is 18.7 Å². The Morgan fingerprint density at radius 1 is 1.21 bits per heavy atom. The van der Waals surface area contributed by atoms with Crippen LogP contribution in [0, 0.1) is 33.5 Å². The van der Waals surface area contributed by atoms with Gasteiger partial charge in [0.1, 0.15) is 17.0 Å². The fourth-order valence-corrected chi connectivity index (χ4v) is 3.99. The van der Waals surface area contributed by atoms with Gasteiger partial charge in [0, 0.05) is 25.7 Å². The SMILES string of the molecule is CCOc1ccccc1[C@H]1[C@]2(C#N)C(N)=NC(OC)(OC)[C@]12C#N. The first kappa shape index (κ1) is 16.3. The number of nitrogens with zero attached hydrogens (tertiary/aromatic N) is 3. The maximum atomic E-state index is 10.0. The highest BCUT2D eigenvalue weighted by Gasteiger charge is 2.93. The summed E-state index contributed by atoms with van der Waals surface area (Å²) in [6.45, 7) is 2.33. The van der Waals surface area contributed by atoms with E-state index < -0.39 is 22.7 Å². The summed E-state index contributed by atoms with van der Waals surface area (Å²) in [6, 6.07) is 11.7. The van der Waals surface area contributed by atoms with Gasteiger partial charge in [-0.05, 0) is 13.0 Å². The molecule has 7 heteroatoms. The fourth-order valence-electron chi connectivity index (χ4n) is 3.99. The Morgan fingerprint density at radius 3 is 2.42 bits per heavy atom. The van der Waals surface area contributed by atoms with Crippen molar-refractivity contribution in [2.75, 3.05) is 20.8 Å². The summed E-state index contributed by atoms with van der Waals surface area (Å²) in [7, 11) is 2.77. The smallest absolute Gasteiger partial charge is 0.292 e. The second-order valence-electron chi connectivity index (χ2n) is 5.73. The number of methoxy groups -OCH3 is 2. The van der Waals surface area contributed by atoms with Crippen LogP contribution in [0.3, 0.4) is 0 Å². The standard InChI is InChI=1S/C17H18N4O3/c1-4-24-12-8-6-5-7-11(12)13-15(9-18)14(20)21-17(22-2,23-3)16(13,15)10-19/h5-8,13H,4H2,1-3H3,(H2,20,21)/t13-,15+,16+/m0/s1. The molecule has 1 aliphatic carbocycles. The molecule has 124 valence electrons. The number of nitrogens with two attached hydrogens (primary N) is 1. The molecular formula is C17H18N4O3. The van der Waals surface area contributed by atoms with E-state index in [1.807, 2.05) is 25.1 Å². The Balaban J connectivity index is 2.25. The van der Waals surface area contributed by atoms with Gasteiger partial charge in [-0.3, -0.25) is 0 Å². The number of amidine groups is 1. The molecule has 1 fully saturated rings. The molecule has 1 aromatic rings. The third-order valence-corrected chi connectivity index (χ3v) is 5.01. The lowest BCUT2D eigenvalue weighted by Crippen LogP contribution is -2.41. The van der Waals surface area contributed by atoms with Crippen molar-refractivity contribution < 1.29 is 14.2 Å². The summed E-state index contributed by atoms with van der Waals surface area (Å²) in [6.07, 6.45) is 0. The van der Waals surface area contributed by atoms with Crippen LogP contribution >= 0.6 is 0 Å². The molecule has 2 N–H and O–H groups in total. The lowest BCUT2D eigenvalue weighted by molar-refractivity contribution is -0.230. The van der Waals surface area contributed by atoms with Crippen LogP contribution in [0.25, 0.3) is 0 Å². The van der Waals surface area contributed by atoms with Crippen molar-refractivity contribution in [2.24, 2.45) is 21.6 Å². The number of hydrogen-bond acceptors (Lipinski definition) is 7. The number of fused-ring (bicyclic) bond motifs is 1. The van der Waals surface area contributed by atoms with Crippen molar-refractivity contribution in [3.63, 3.8) is 0 Å². The quantitative estimate of drug-likeness (QED) is 0.821. The Morgan fingerprint density at radius 2 is 1.88 bits per heavy atom. The van der Waals surface area contributed by atoms with Crippen LogP contribution in [-0.2, 0) is 9.47 Å². The zero-order valence-corrected chi connectivity index (χ0v) is 13.7. The summed E-state index contributed by atoms with van der Waals surface area (Å²) in [5.41, 5.74) is 4.13. The van der Waals surface area contributed by atoms with Gasteiger partial charge >= 0.3 is 0 Å². The van der Waals surface area contributed by atoms with Gasteiger partial charge in [0.15, 0.2) is 5.41 Å². The fraction of sp³-hybridized carbons (Fsp3) is 0.471. The Hall–Kier alpha value is -2.61. The Labute approximate surface area is 140 Å². The first-order valence-corrected chi connectivity index (χ1v) is 7.55. The molecule has 0 radical (unpaired) electrons. The zero-order chi connectivity index (χ0) is 17.6. The minimum Gasteiger partial charge on any atom is -0.494 e. The number of benzene rings is 1. The van der Waals surface area contributed by atoms with Crippen molar-refractivity contribution in [1.29, 1.82) is 10.5 Å². The van der Waals surface area contributed by atoms with Crippen molar-refractivity contribution in [3.05, 3.63) is 29.8 Å². The molecule has 1 aromatic carbocycles. The van der Waals surface area contributed by atoms with Gasteiger partial charge in [0.25, 0.3) is 5.91 Å². The molecule has 24 heavy (non-hydrogen) atoms. The van der Waals surface area contributed by atoms with E-state index in [9.17, 15) is 10.5 Å². The highest BCUT2D eigenvalue weighted by Crippen LogP contribution is 2.82. The zero-order valence-electron chi connectivity index (χ0n) is 13.7. The molecule has 0 unspecified atom stereocenters.